The average molecular weight is 333 g/mol. The summed E-state index contributed by atoms with van der Waals surface area (Å²) in [6, 6.07) is 1.59. The lowest BCUT2D eigenvalue weighted by molar-refractivity contribution is -0.940. The molecule has 3 aliphatic carbocycles. The van der Waals surface area contributed by atoms with Gasteiger partial charge in [0.05, 0.1) is 51.4 Å². The quantitative estimate of drug-likeness (QED) is 0.543. The van der Waals surface area contributed by atoms with Crippen molar-refractivity contribution in [3.63, 3.8) is 0 Å². The number of quaternary nitrogens is 2. The number of rotatable bonds is 4. The van der Waals surface area contributed by atoms with E-state index in [9.17, 15) is 0 Å². The Labute approximate surface area is 150 Å². The highest BCUT2D eigenvalue weighted by molar-refractivity contribution is 5.17. The second-order valence-electron chi connectivity index (χ2n) is 10.2. The van der Waals surface area contributed by atoms with Gasteiger partial charge in [-0.15, -0.1) is 0 Å². The van der Waals surface area contributed by atoms with Gasteiger partial charge in [0.1, 0.15) is 0 Å². The van der Waals surface area contributed by atoms with Crippen LogP contribution in [0.2, 0.25) is 0 Å². The van der Waals surface area contributed by atoms with Crippen molar-refractivity contribution >= 4 is 0 Å². The van der Waals surface area contributed by atoms with E-state index < -0.39 is 0 Å². The third-order valence-corrected chi connectivity index (χ3v) is 9.38. The third-order valence-electron chi connectivity index (χ3n) is 9.38. The molecule has 2 heteroatoms. The van der Waals surface area contributed by atoms with E-state index in [0.29, 0.717) is 0 Å². The van der Waals surface area contributed by atoms with E-state index >= 15 is 0 Å². The van der Waals surface area contributed by atoms with Gasteiger partial charge in [0.15, 0.2) is 0 Å². The standard InChI is InChI=1S/C22H40N2/c1-7-23(15(3)4)11-19-17-9-10-18(20(19)12-23)22-14-24(8-2,16(5)6)13-21(17)22/h9-10,15-22H,7-8,11-14H2,1-6H3/q+2/t17?,18?,19-,20+,21?,22?,23?,24?. The van der Waals surface area contributed by atoms with E-state index in [-0.39, 0.29) is 0 Å². The molecule has 136 valence electrons. The second kappa shape index (κ2) is 5.58. The monoisotopic (exact) mass is 332 g/mol. The highest BCUT2D eigenvalue weighted by Gasteiger charge is 2.64. The summed E-state index contributed by atoms with van der Waals surface area (Å²) < 4.78 is 2.78. The van der Waals surface area contributed by atoms with E-state index in [2.05, 4.69) is 53.7 Å². The van der Waals surface area contributed by atoms with E-state index in [1.54, 1.807) is 0 Å². The summed E-state index contributed by atoms with van der Waals surface area (Å²) in [5.74, 6) is 5.70. The summed E-state index contributed by atoms with van der Waals surface area (Å²) in [6.07, 6.45) is 5.36. The number of allylic oxidation sites excluding steroid dienone is 2. The maximum Gasteiger partial charge on any atom is 0.0833 e. The lowest BCUT2D eigenvalue weighted by Crippen LogP contribution is -2.52. The topological polar surface area (TPSA) is 0 Å². The smallest absolute Gasteiger partial charge is 0.0833 e. The van der Waals surface area contributed by atoms with Gasteiger partial charge in [-0.3, -0.25) is 0 Å². The zero-order valence-corrected chi connectivity index (χ0v) is 16.9. The Morgan fingerprint density at radius 1 is 0.667 bits per heavy atom. The molecular weight excluding hydrogens is 292 g/mol. The molecule has 0 radical (unpaired) electrons. The lowest BCUT2D eigenvalue weighted by atomic mass is 9.55. The van der Waals surface area contributed by atoms with Gasteiger partial charge in [0.2, 0.25) is 0 Å². The molecule has 5 aliphatic rings. The number of hydrogen-bond acceptors (Lipinski definition) is 0. The summed E-state index contributed by atoms with van der Waals surface area (Å²) in [5, 5.41) is 0. The molecule has 3 fully saturated rings. The summed E-state index contributed by atoms with van der Waals surface area (Å²) in [7, 11) is 0. The van der Waals surface area contributed by atoms with Crippen LogP contribution in [0, 0.1) is 35.5 Å². The van der Waals surface area contributed by atoms with Crippen LogP contribution in [0.5, 0.6) is 0 Å². The molecule has 0 N–H and O–H groups in total. The van der Waals surface area contributed by atoms with Gasteiger partial charge in [-0.25, -0.2) is 0 Å². The van der Waals surface area contributed by atoms with E-state index in [1.165, 1.54) is 48.2 Å². The molecule has 2 bridgehead atoms. The predicted octanol–water partition coefficient (Wildman–Crippen LogP) is 3.78. The van der Waals surface area contributed by atoms with Crippen LogP contribution in [0.15, 0.2) is 12.2 Å². The van der Waals surface area contributed by atoms with Gasteiger partial charge >= 0.3 is 0 Å². The summed E-state index contributed by atoms with van der Waals surface area (Å²) in [5.41, 5.74) is 0. The van der Waals surface area contributed by atoms with Crippen LogP contribution in [0.25, 0.3) is 0 Å². The highest BCUT2D eigenvalue weighted by Crippen LogP contribution is 2.59. The maximum atomic E-state index is 2.68. The van der Waals surface area contributed by atoms with Crippen molar-refractivity contribution in [1.82, 2.24) is 0 Å². The minimum Gasteiger partial charge on any atom is -0.321 e. The van der Waals surface area contributed by atoms with Crippen LogP contribution < -0.4 is 0 Å². The van der Waals surface area contributed by atoms with Gasteiger partial charge in [-0.1, -0.05) is 12.2 Å². The first-order valence-electron chi connectivity index (χ1n) is 10.8. The zero-order valence-electron chi connectivity index (χ0n) is 16.9. The average Bonchev–Trinajstić information content (AvgIpc) is 3.16. The molecule has 24 heavy (non-hydrogen) atoms. The van der Waals surface area contributed by atoms with Crippen molar-refractivity contribution in [2.24, 2.45) is 35.5 Å². The van der Waals surface area contributed by atoms with Crippen molar-refractivity contribution < 1.29 is 8.97 Å². The largest absolute Gasteiger partial charge is 0.321 e. The van der Waals surface area contributed by atoms with Gasteiger partial charge in [-0.05, 0) is 53.4 Å². The summed E-state index contributed by atoms with van der Waals surface area (Å²) in [4.78, 5) is 0. The van der Waals surface area contributed by atoms with Crippen LogP contribution in [-0.4, -0.2) is 60.3 Å². The fourth-order valence-electron chi connectivity index (χ4n) is 7.55. The van der Waals surface area contributed by atoms with Crippen molar-refractivity contribution in [2.75, 3.05) is 39.3 Å². The van der Waals surface area contributed by atoms with Gasteiger partial charge in [0.25, 0.3) is 0 Å². The molecule has 2 aliphatic heterocycles. The maximum absolute atomic E-state index is 2.68. The molecular formula is C22H40N2+2. The first-order chi connectivity index (χ1) is 11.4. The molecule has 0 aromatic carbocycles. The molecule has 0 aromatic rings. The first-order valence-corrected chi connectivity index (χ1v) is 10.8. The molecule has 0 aromatic heterocycles. The highest BCUT2D eigenvalue weighted by atomic mass is 15.4. The molecule has 2 saturated heterocycles. The first kappa shape index (κ1) is 17.1. The molecule has 2 heterocycles. The van der Waals surface area contributed by atoms with Crippen molar-refractivity contribution in [2.45, 2.75) is 53.6 Å². The fraction of sp³-hybridized carbons (Fsp3) is 0.909. The minimum absolute atomic E-state index is 0.793. The Bertz CT molecular complexity index is 450. The van der Waals surface area contributed by atoms with E-state index in [0.717, 1.165) is 47.6 Å². The number of hydrogen-bond donors (Lipinski definition) is 0. The molecule has 0 spiro atoms. The Balaban J connectivity index is 1.64. The minimum atomic E-state index is 0.793. The molecule has 1 saturated carbocycles. The molecule has 8 atom stereocenters. The second-order valence-corrected chi connectivity index (χ2v) is 10.2. The Hall–Kier alpha value is -0.340. The Morgan fingerprint density at radius 2 is 0.958 bits per heavy atom. The van der Waals surface area contributed by atoms with Crippen molar-refractivity contribution in [1.29, 1.82) is 0 Å². The van der Waals surface area contributed by atoms with Crippen LogP contribution in [0.3, 0.4) is 0 Å². The predicted molar refractivity (Wildman–Crippen MR) is 101 cm³/mol. The Kier molecular flexibility index (Phi) is 3.97. The van der Waals surface area contributed by atoms with Crippen molar-refractivity contribution in [3.05, 3.63) is 12.2 Å². The SMILES string of the molecule is CC[N+]1(C(C)C)CC2C(C1)C1C=CC2[C@H]2C[N+](CC)(C(C)C)C[C@@H]12. The number of nitrogens with zero attached hydrogens (tertiary/aromatic N) is 2. The van der Waals surface area contributed by atoms with Gasteiger partial charge in [0, 0.05) is 23.7 Å². The summed E-state index contributed by atoms with van der Waals surface area (Å²) in [6.45, 7) is 23.2. The zero-order chi connectivity index (χ0) is 17.3. The van der Waals surface area contributed by atoms with Crippen LogP contribution >= 0.6 is 0 Å². The van der Waals surface area contributed by atoms with Gasteiger partial charge < -0.3 is 8.97 Å². The third kappa shape index (κ3) is 2.08. The molecule has 2 nitrogen and oxygen atoms in total. The van der Waals surface area contributed by atoms with Crippen molar-refractivity contribution in [3.8, 4) is 0 Å². The van der Waals surface area contributed by atoms with Crippen LogP contribution in [0.1, 0.15) is 41.5 Å². The van der Waals surface area contributed by atoms with Crippen LogP contribution in [-0.2, 0) is 0 Å². The molecule has 0 amide bonds. The lowest BCUT2D eigenvalue weighted by Gasteiger charge is -2.45. The van der Waals surface area contributed by atoms with E-state index in [1.807, 2.05) is 0 Å². The van der Waals surface area contributed by atoms with Crippen LogP contribution in [0.4, 0.5) is 0 Å². The normalized spacial score (nSPS) is 52.3. The number of likely N-dealkylation sites (tertiary alicyclic amines) is 2. The Morgan fingerprint density at radius 3 is 1.17 bits per heavy atom. The van der Waals surface area contributed by atoms with Gasteiger partial charge in [-0.2, -0.15) is 0 Å². The van der Waals surface area contributed by atoms with E-state index in [4.69, 9.17) is 0 Å². The molecule has 5 rings (SSSR count). The molecule has 6 unspecified atom stereocenters. The fourth-order valence-corrected chi connectivity index (χ4v) is 7.55. The summed E-state index contributed by atoms with van der Waals surface area (Å²) >= 11 is 0.